The van der Waals surface area contributed by atoms with Crippen molar-refractivity contribution < 1.29 is 14.6 Å². The first-order chi connectivity index (χ1) is 11.5. The number of halogens is 3. The van der Waals surface area contributed by atoms with Gasteiger partial charge in [-0.25, -0.2) is 4.79 Å². The molecule has 8 heteroatoms. The molecule has 2 aromatic rings. The minimum atomic E-state index is -0.436. The second-order valence-electron chi connectivity index (χ2n) is 4.82. The number of aromatic hydroxyl groups is 1. The van der Waals surface area contributed by atoms with Crippen molar-refractivity contribution >= 4 is 50.9 Å². The smallest absolute Gasteiger partial charge is 0.319 e. The number of hydrogen-bond donors (Lipinski definition) is 3. The van der Waals surface area contributed by atoms with E-state index in [9.17, 15) is 9.90 Å². The molecule has 3 N–H and O–H groups in total. The maximum absolute atomic E-state index is 11.8. The van der Waals surface area contributed by atoms with Gasteiger partial charge in [-0.3, -0.25) is 0 Å². The van der Waals surface area contributed by atoms with Crippen LogP contribution in [0.1, 0.15) is 6.42 Å². The molecule has 2 rings (SSSR count). The van der Waals surface area contributed by atoms with E-state index in [-0.39, 0.29) is 11.4 Å². The zero-order chi connectivity index (χ0) is 17.5. The van der Waals surface area contributed by atoms with Crippen molar-refractivity contribution in [1.82, 2.24) is 5.32 Å². The van der Waals surface area contributed by atoms with E-state index in [1.54, 1.807) is 12.1 Å². The summed E-state index contributed by atoms with van der Waals surface area (Å²) in [5, 5.41) is 15.8. The summed E-state index contributed by atoms with van der Waals surface area (Å²) in [4.78, 5) is 11.8. The standard InChI is InChI=1S/C16H15BrCl2N2O3/c17-10-2-5-15(12(19)8-10)24-7-1-6-20-16(23)21-13-9-11(18)3-4-14(13)22/h2-5,8-9,22H,1,6-7H2,(H2,20,21,23). The molecule has 0 atom stereocenters. The van der Waals surface area contributed by atoms with Crippen LogP contribution < -0.4 is 15.4 Å². The molecule has 0 aliphatic rings. The number of nitrogens with one attached hydrogen (secondary N) is 2. The van der Waals surface area contributed by atoms with Gasteiger partial charge in [-0.05, 0) is 42.8 Å². The third kappa shape index (κ3) is 5.78. The zero-order valence-corrected chi connectivity index (χ0v) is 15.6. The van der Waals surface area contributed by atoms with Gasteiger partial charge in [0.25, 0.3) is 0 Å². The number of phenols is 1. The summed E-state index contributed by atoms with van der Waals surface area (Å²) in [6, 6.07) is 9.33. The topological polar surface area (TPSA) is 70.6 Å². The molecule has 128 valence electrons. The van der Waals surface area contributed by atoms with Crippen LogP contribution in [0.4, 0.5) is 10.5 Å². The third-order valence-corrected chi connectivity index (χ3v) is 3.99. The van der Waals surface area contributed by atoms with Crippen molar-refractivity contribution in [1.29, 1.82) is 0 Å². The Labute approximate surface area is 158 Å². The van der Waals surface area contributed by atoms with Crippen molar-refractivity contribution in [3.63, 3.8) is 0 Å². The van der Waals surface area contributed by atoms with Gasteiger partial charge in [0.15, 0.2) is 0 Å². The van der Waals surface area contributed by atoms with Gasteiger partial charge in [0.1, 0.15) is 11.5 Å². The molecule has 0 aliphatic carbocycles. The highest BCUT2D eigenvalue weighted by Crippen LogP contribution is 2.28. The largest absolute Gasteiger partial charge is 0.506 e. The van der Waals surface area contributed by atoms with Gasteiger partial charge in [0.05, 0.1) is 17.3 Å². The first-order valence-electron chi connectivity index (χ1n) is 7.07. The highest BCUT2D eigenvalue weighted by Gasteiger charge is 2.07. The van der Waals surface area contributed by atoms with Crippen molar-refractivity contribution in [2.45, 2.75) is 6.42 Å². The molecule has 0 fully saturated rings. The fraction of sp³-hybridized carbons (Fsp3) is 0.188. The molecular formula is C16H15BrCl2N2O3. The van der Waals surface area contributed by atoms with Gasteiger partial charge >= 0.3 is 6.03 Å². The van der Waals surface area contributed by atoms with Crippen LogP contribution in [0.3, 0.4) is 0 Å². The van der Waals surface area contributed by atoms with Crippen LogP contribution in [0, 0.1) is 0 Å². The Kier molecular flexibility index (Phi) is 7.02. The van der Waals surface area contributed by atoms with E-state index >= 15 is 0 Å². The average Bonchev–Trinajstić information content (AvgIpc) is 2.52. The second kappa shape index (κ2) is 9.01. The van der Waals surface area contributed by atoms with Crippen LogP contribution in [0.15, 0.2) is 40.9 Å². The maximum atomic E-state index is 11.8. The lowest BCUT2D eigenvalue weighted by Gasteiger charge is -2.10. The van der Waals surface area contributed by atoms with E-state index in [1.165, 1.54) is 18.2 Å². The molecule has 0 saturated carbocycles. The van der Waals surface area contributed by atoms with Gasteiger partial charge in [0.2, 0.25) is 0 Å². The number of ether oxygens (including phenoxy) is 1. The summed E-state index contributed by atoms with van der Waals surface area (Å²) in [5.74, 6) is 0.538. The van der Waals surface area contributed by atoms with Gasteiger partial charge in [0, 0.05) is 16.0 Å². The number of benzene rings is 2. The van der Waals surface area contributed by atoms with E-state index in [4.69, 9.17) is 27.9 Å². The van der Waals surface area contributed by atoms with Gasteiger partial charge in [-0.1, -0.05) is 39.1 Å². The molecule has 0 saturated heterocycles. The van der Waals surface area contributed by atoms with E-state index in [0.29, 0.717) is 35.4 Å². The fourth-order valence-electron chi connectivity index (χ4n) is 1.82. The molecule has 0 unspecified atom stereocenters. The van der Waals surface area contributed by atoms with Crippen molar-refractivity contribution in [3.05, 3.63) is 50.9 Å². The number of urea groups is 1. The normalized spacial score (nSPS) is 10.3. The predicted molar refractivity (Wildman–Crippen MR) is 99.4 cm³/mol. The number of phenolic OH excluding ortho intramolecular Hbond substituents is 1. The Hall–Kier alpha value is -1.63. The Balaban J connectivity index is 1.70. The molecule has 5 nitrogen and oxygen atoms in total. The Morgan fingerprint density at radius 1 is 1.21 bits per heavy atom. The number of carbonyl (C=O) groups excluding carboxylic acids is 1. The summed E-state index contributed by atoms with van der Waals surface area (Å²) in [6.07, 6.45) is 0.599. The van der Waals surface area contributed by atoms with Crippen LogP contribution in [0.5, 0.6) is 11.5 Å². The Bertz CT molecular complexity index is 728. The molecule has 2 aromatic carbocycles. The molecule has 0 aromatic heterocycles. The van der Waals surface area contributed by atoms with E-state index in [0.717, 1.165) is 4.47 Å². The Morgan fingerprint density at radius 2 is 2.00 bits per heavy atom. The van der Waals surface area contributed by atoms with Crippen molar-refractivity contribution in [3.8, 4) is 11.5 Å². The number of anilines is 1. The van der Waals surface area contributed by atoms with Crippen molar-refractivity contribution in [2.24, 2.45) is 0 Å². The summed E-state index contributed by atoms with van der Waals surface area (Å²) >= 11 is 15.2. The SMILES string of the molecule is O=C(NCCCOc1ccc(Br)cc1Cl)Nc1cc(Cl)ccc1O. The first kappa shape index (κ1) is 18.7. The number of carbonyl (C=O) groups is 1. The molecule has 0 bridgehead atoms. The fourth-order valence-corrected chi connectivity index (χ4v) is 2.72. The van der Waals surface area contributed by atoms with Crippen LogP contribution in [0.25, 0.3) is 0 Å². The summed E-state index contributed by atoms with van der Waals surface area (Å²) < 4.78 is 6.42. The van der Waals surface area contributed by atoms with E-state index in [2.05, 4.69) is 26.6 Å². The highest BCUT2D eigenvalue weighted by molar-refractivity contribution is 9.10. The molecule has 24 heavy (non-hydrogen) atoms. The second-order valence-corrected chi connectivity index (χ2v) is 6.58. The summed E-state index contributed by atoms with van der Waals surface area (Å²) in [5.41, 5.74) is 0.248. The van der Waals surface area contributed by atoms with Crippen LogP contribution in [-0.4, -0.2) is 24.3 Å². The van der Waals surface area contributed by atoms with Gasteiger partial charge in [-0.15, -0.1) is 0 Å². The minimum Gasteiger partial charge on any atom is -0.506 e. The van der Waals surface area contributed by atoms with Crippen LogP contribution >= 0.6 is 39.1 Å². The Morgan fingerprint density at radius 3 is 2.75 bits per heavy atom. The third-order valence-electron chi connectivity index (χ3n) is 2.96. The number of rotatable bonds is 6. The van der Waals surface area contributed by atoms with E-state index in [1.807, 2.05) is 6.07 Å². The van der Waals surface area contributed by atoms with Crippen LogP contribution in [-0.2, 0) is 0 Å². The van der Waals surface area contributed by atoms with Gasteiger partial charge < -0.3 is 20.5 Å². The lowest BCUT2D eigenvalue weighted by Crippen LogP contribution is -2.30. The quantitative estimate of drug-likeness (QED) is 0.440. The summed E-state index contributed by atoms with van der Waals surface area (Å²) in [6.45, 7) is 0.811. The monoisotopic (exact) mass is 432 g/mol. The van der Waals surface area contributed by atoms with Gasteiger partial charge in [-0.2, -0.15) is 0 Å². The molecular weight excluding hydrogens is 419 g/mol. The predicted octanol–water partition coefficient (Wildman–Crippen LogP) is 5.05. The summed E-state index contributed by atoms with van der Waals surface area (Å²) in [7, 11) is 0. The molecule has 0 radical (unpaired) electrons. The lowest BCUT2D eigenvalue weighted by atomic mass is 10.3. The first-order valence-corrected chi connectivity index (χ1v) is 8.62. The molecule has 2 amide bonds. The molecule has 0 aliphatic heterocycles. The number of hydrogen-bond acceptors (Lipinski definition) is 3. The maximum Gasteiger partial charge on any atom is 0.319 e. The number of amides is 2. The van der Waals surface area contributed by atoms with E-state index < -0.39 is 6.03 Å². The van der Waals surface area contributed by atoms with Crippen molar-refractivity contribution in [2.75, 3.05) is 18.5 Å². The highest BCUT2D eigenvalue weighted by atomic mass is 79.9. The van der Waals surface area contributed by atoms with Crippen LogP contribution in [0.2, 0.25) is 10.0 Å². The zero-order valence-electron chi connectivity index (χ0n) is 12.5. The lowest BCUT2D eigenvalue weighted by molar-refractivity contribution is 0.250. The average molecular weight is 434 g/mol. The minimum absolute atomic E-state index is 0.0530. The molecule has 0 heterocycles. The molecule has 0 spiro atoms.